The number of nitriles is 1. The largest absolute Gasteiger partial charge is 0.318 e. The number of hydrogen-bond acceptors (Lipinski definition) is 4. The van der Waals surface area contributed by atoms with Crippen molar-refractivity contribution in [2.24, 2.45) is 0 Å². The Labute approximate surface area is 104 Å². The number of para-hydroxylation sites is 1. The van der Waals surface area contributed by atoms with Crippen molar-refractivity contribution < 1.29 is 0 Å². The molecule has 1 aliphatic rings. The maximum Gasteiger partial charge on any atom is 0.191 e. The summed E-state index contributed by atoms with van der Waals surface area (Å²) in [6.07, 6.45) is 3.92. The van der Waals surface area contributed by atoms with Gasteiger partial charge in [0.05, 0.1) is 6.20 Å². The molecule has 2 heterocycles. The van der Waals surface area contributed by atoms with Crippen molar-refractivity contribution in [1.82, 2.24) is 4.98 Å². The van der Waals surface area contributed by atoms with E-state index >= 15 is 0 Å². The molecule has 0 spiro atoms. The van der Waals surface area contributed by atoms with Crippen LogP contribution in [-0.4, -0.2) is 11.5 Å². The lowest BCUT2D eigenvalue weighted by molar-refractivity contribution is 0.765. The summed E-state index contributed by atoms with van der Waals surface area (Å²) in [6.45, 7) is 0.982. The van der Waals surface area contributed by atoms with Crippen LogP contribution in [0.4, 0.5) is 10.8 Å². The second-order valence-corrected chi connectivity index (χ2v) is 5.01. The number of thiazole rings is 1. The Kier molecular flexibility index (Phi) is 2.54. The van der Waals surface area contributed by atoms with Gasteiger partial charge in [-0.25, -0.2) is 4.98 Å². The fourth-order valence-corrected chi connectivity index (χ4v) is 2.93. The maximum atomic E-state index is 8.85. The molecule has 3 nitrogen and oxygen atoms in total. The normalized spacial score (nSPS) is 14.2. The van der Waals surface area contributed by atoms with Crippen LogP contribution in [0, 0.1) is 11.3 Å². The minimum atomic E-state index is 0.669. The second kappa shape index (κ2) is 4.19. The number of benzene rings is 1. The van der Waals surface area contributed by atoms with Gasteiger partial charge < -0.3 is 4.90 Å². The number of fused-ring (bicyclic) bond motifs is 1. The molecule has 0 fully saturated rings. The zero-order chi connectivity index (χ0) is 11.7. The average Bonchev–Trinajstić information content (AvgIpc) is 2.87. The van der Waals surface area contributed by atoms with Crippen LogP contribution in [0.5, 0.6) is 0 Å². The standard InChI is InChI=1S/C13H11N3S/c14-8-11-9-15-13(17-11)16-7-3-5-10-4-1-2-6-12(10)16/h1-2,4,6,9H,3,5,7H2. The van der Waals surface area contributed by atoms with Gasteiger partial charge in [-0.15, -0.1) is 0 Å². The summed E-state index contributed by atoms with van der Waals surface area (Å²) in [6, 6.07) is 10.6. The van der Waals surface area contributed by atoms with Gasteiger partial charge in [0.15, 0.2) is 5.13 Å². The Hall–Kier alpha value is -1.86. The van der Waals surface area contributed by atoms with E-state index in [9.17, 15) is 0 Å². The van der Waals surface area contributed by atoms with Gasteiger partial charge in [-0.05, 0) is 24.5 Å². The van der Waals surface area contributed by atoms with Crippen LogP contribution in [0.25, 0.3) is 0 Å². The van der Waals surface area contributed by atoms with Gasteiger partial charge in [-0.1, -0.05) is 29.5 Å². The number of nitrogens with zero attached hydrogens (tertiary/aromatic N) is 3. The lowest BCUT2D eigenvalue weighted by atomic mass is 10.0. The van der Waals surface area contributed by atoms with E-state index < -0.39 is 0 Å². The average molecular weight is 241 g/mol. The van der Waals surface area contributed by atoms with Crippen molar-refractivity contribution in [3.8, 4) is 6.07 Å². The van der Waals surface area contributed by atoms with Gasteiger partial charge in [0.2, 0.25) is 0 Å². The first-order valence-electron chi connectivity index (χ1n) is 5.60. The number of rotatable bonds is 1. The van der Waals surface area contributed by atoms with E-state index in [4.69, 9.17) is 5.26 Å². The zero-order valence-electron chi connectivity index (χ0n) is 9.26. The van der Waals surface area contributed by atoms with Gasteiger partial charge in [0.25, 0.3) is 0 Å². The van der Waals surface area contributed by atoms with E-state index in [-0.39, 0.29) is 0 Å². The molecule has 0 bridgehead atoms. The highest BCUT2D eigenvalue weighted by Crippen LogP contribution is 2.35. The van der Waals surface area contributed by atoms with Crippen molar-refractivity contribution in [3.05, 3.63) is 40.9 Å². The van der Waals surface area contributed by atoms with Crippen LogP contribution >= 0.6 is 11.3 Å². The Morgan fingerprint density at radius 1 is 1.35 bits per heavy atom. The zero-order valence-corrected chi connectivity index (χ0v) is 10.1. The van der Waals surface area contributed by atoms with Crippen molar-refractivity contribution >= 4 is 22.2 Å². The molecule has 0 atom stereocenters. The lowest BCUT2D eigenvalue weighted by Gasteiger charge is -2.28. The van der Waals surface area contributed by atoms with E-state index in [0.29, 0.717) is 4.88 Å². The van der Waals surface area contributed by atoms with Crippen molar-refractivity contribution in [1.29, 1.82) is 5.26 Å². The first-order valence-corrected chi connectivity index (χ1v) is 6.41. The molecule has 0 radical (unpaired) electrons. The first-order chi connectivity index (χ1) is 8.38. The minimum absolute atomic E-state index is 0.669. The molecule has 0 N–H and O–H groups in total. The summed E-state index contributed by atoms with van der Waals surface area (Å²) in [5, 5.41) is 9.77. The highest BCUT2D eigenvalue weighted by molar-refractivity contribution is 7.16. The Balaban J connectivity index is 2.03. The number of aromatic nitrogens is 1. The van der Waals surface area contributed by atoms with Gasteiger partial charge in [-0.3, -0.25) is 0 Å². The fourth-order valence-electron chi connectivity index (χ4n) is 2.17. The lowest BCUT2D eigenvalue weighted by Crippen LogP contribution is -2.24. The third-order valence-electron chi connectivity index (χ3n) is 2.94. The van der Waals surface area contributed by atoms with Gasteiger partial charge in [0, 0.05) is 12.2 Å². The second-order valence-electron chi connectivity index (χ2n) is 4.00. The molecule has 0 aliphatic carbocycles. The fraction of sp³-hybridized carbons (Fsp3) is 0.231. The Morgan fingerprint density at radius 3 is 3.06 bits per heavy atom. The molecule has 1 aliphatic heterocycles. The molecular weight excluding hydrogens is 230 g/mol. The molecule has 17 heavy (non-hydrogen) atoms. The van der Waals surface area contributed by atoms with Gasteiger partial charge in [0.1, 0.15) is 10.9 Å². The molecule has 0 saturated carbocycles. The van der Waals surface area contributed by atoms with E-state index in [1.54, 1.807) is 6.20 Å². The third kappa shape index (κ3) is 1.79. The summed E-state index contributed by atoms with van der Waals surface area (Å²) in [4.78, 5) is 7.21. The molecule has 0 amide bonds. The van der Waals surface area contributed by atoms with Crippen LogP contribution < -0.4 is 4.90 Å². The molecule has 1 aromatic carbocycles. The number of aryl methyl sites for hydroxylation is 1. The summed E-state index contributed by atoms with van der Waals surface area (Å²) < 4.78 is 0. The Morgan fingerprint density at radius 2 is 2.24 bits per heavy atom. The van der Waals surface area contributed by atoms with Crippen LogP contribution in [0.15, 0.2) is 30.5 Å². The molecule has 3 rings (SSSR count). The smallest absolute Gasteiger partial charge is 0.191 e. The summed E-state index contributed by atoms with van der Waals surface area (Å²) >= 11 is 1.46. The summed E-state index contributed by atoms with van der Waals surface area (Å²) in [5.41, 5.74) is 2.60. The van der Waals surface area contributed by atoms with Crippen LogP contribution in [0.2, 0.25) is 0 Å². The predicted octanol–water partition coefficient (Wildman–Crippen LogP) is 3.10. The van der Waals surface area contributed by atoms with Crippen LogP contribution in [-0.2, 0) is 6.42 Å². The highest BCUT2D eigenvalue weighted by Gasteiger charge is 2.19. The van der Waals surface area contributed by atoms with Crippen molar-refractivity contribution in [2.75, 3.05) is 11.4 Å². The summed E-state index contributed by atoms with van der Waals surface area (Å²) in [7, 11) is 0. The highest BCUT2D eigenvalue weighted by atomic mass is 32.1. The topological polar surface area (TPSA) is 39.9 Å². The van der Waals surface area contributed by atoms with Crippen molar-refractivity contribution in [3.63, 3.8) is 0 Å². The predicted molar refractivity (Wildman–Crippen MR) is 68.6 cm³/mol. The van der Waals surface area contributed by atoms with E-state index in [1.165, 1.54) is 22.6 Å². The quantitative estimate of drug-likeness (QED) is 0.770. The monoisotopic (exact) mass is 241 g/mol. The minimum Gasteiger partial charge on any atom is -0.318 e. The van der Waals surface area contributed by atoms with Gasteiger partial charge in [-0.2, -0.15) is 5.26 Å². The van der Waals surface area contributed by atoms with Crippen LogP contribution in [0.3, 0.4) is 0 Å². The van der Waals surface area contributed by atoms with Crippen LogP contribution in [0.1, 0.15) is 16.9 Å². The molecule has 2 aromatic rings. The Bertz CT molecular complexity index is 582. The van der Waals surface area contributed by atoms with E-state index in [0.717, 1.165) is 24.5 Å². The maximum absolute atomic E-state index is 8.85. The molecule has 1 aromatic heterocycles. The third-order valence-corrected chi connectivity index (χ3v) is 3.87. The molecule has 84 valence electrons. The molecule has 0 unspecified atom stereocenters. The number of anilines is 2. The van der Waals surface area contributed by atoms with Gasteiger partial charge >= 0.3 is 0 Å². The van der Waals surface area contributed by atoms with E-state index in [2.05, 4.69) is 40.2 Å². The van der Waals surface area contributed by atoms with Crippen molar-refractivity contribution in [2.45, 2.75) is 12.8 Å². The number of hydrogen-bond donors (Lipinski definition) is 0. The summed E-state index contributed by atoms with van der Waals surface area (Å²) in [5.74, 6) is 0. The molecular formula is C13H11N3S. The first kappa shape index (κ1) is 10.3. The molecule has 4 heteroatoms. The van der Waals surface area contributed by atoms with E-state index in [1.807, 2.05) is 0 Å². The molecule has 0 saturated heterocycles. The SMILES string of the molecule is N#Cc1cnc(N2CCCc3ccccc32)s1.